The van der Waals surface area contributed by atoms with Crippen LogP contribution in [0.3, 0.4) is 0 Å². The Morgan fingerprint density at radius 3 is 2.30 bits per heavy atom. The van der Waals surface area contributed by atoms with Gasteiger partial charge in [-0.2, -0.15) is 0 Å². The van der Waals surface area contributed by atoms with Crippen molar-refractivity contribution in [3.63, 3.8) is 0 Å². The highest BCUT2D eigenvalue weighted by Crippen LogP contribution is 2.19. The van der Waals surface area contributed by atoms with Crippen LogP contribution in [-0.2, 0) is 17.7 Å². The number of hydrogen-bond acceptors (Lipinski definition) is 3. The molecule has 0 aliphatic heterocycles. The maximum Gasteiger partial charge on any atom is 0.118 e. The SMILES string of the molecule is CCOCCC(C)=C(C)C(Cc1ccc(OC)cc1)NCc1ccccc1. The van der Waals surface area contributed by atoms with E-state index in [2.05, 4.69) is 61.6 Å². The molecular formula is C24H33NO2. The van der Waals surface area contributed by atoms with Crippen molar-refractivity contribution in [3.8, 4) is 5.75 Å². The molecule has 1 atom stereocenters. The molecular weight excluding hydrogens is 334 g/mol. The maximum absolute atomic E-state index is 5.54. The second-order valence-corrected chi connectivity index (χ2v) is 6.88. The number of methoxy groups -OCH3 is 1. The minimum absolute atomic E-state index is 0.292. The smallest absolute Gasteiger partial charge is 0.118 e. The van der Waals surface area contributed by atoms with Crippen molar-refractivity contribution in [1.29, 1.82) is 0 Å². The Bertz CT molecular complexity index is 692. The van der Waals surface area contributed by atoms with Crippen LogP contribution >= 0.6 is 0 Å². The topological polar surface area (TPSA) is 30.5 Å². The largest absolute Gasteiger partial charge is 0.497 e. The Morgan fingerprint density at radius 1 is 0.963 bits per heavy atom. The lowest BCUT2D eigenvalue weighted by atomic mass is 9.95. The number of benzene rings is 2. The van der Waals surface area contributed by atoms with Crippen LogP contribution in [0.4, 0.5) is 0 Å². The standard InChI is InChI=1S/C24H33NO2/c1-5-27-16-15-19(2)20(3)24(25-18-22-9-7-6-8-10-22)17-21-11-13-23(26-4)14-12-21/h6-14,24-25H,5,15-18H2,1-4H3. The molecule has 0 aliphatic carbocycles. The molecule has 0 radical (unpaired) electrons. The van der Waals surface area contributed by atoms with Gasteiger partial charge in [0.05, 0.1) is 13.7 Å². The number of rotatable bonds is 11. The van der Waals surface area contributed by atoms with Gasteiger partial charge in [0.1, 0.15) is 5.75 Å². The van der Waals surface area contributed by atoms with Gasteiger partial charge in [0, 0.05) is 19.2 Å². The van der Waals surface area contributed by atoms with E-state index in [-0.39, 0.29) is 0 Å². The first-order valence-electron chi connectivity index (χ1n) is 9.78. The number of hydrogen-bond donors (Lipinski definition) is 1. The van der Waals surface area contributed by atoms with Gasteiger partial charge < -0.3 is 14.8 Å². The van der Waals surface area contributed by atoms with Crippen LogP contribution in [-0.4, -0.2) is 26.4 Å². The molecule has 0 amide bonds. The monoisotopic (exact) mass is 367 g/mol. The fourth-order valence-electron chi connectivity index (χ4n) is 3.08. The summed E-state index contributed by atoms with van der Waals surface area (Å²) in [5.74, 6) is 0.896. The zero-order valence-corrected chi connectivity index (χ0v) is 17.1. The molecule has 0 aliphatic rings. The number of ether oxygens (including phenoxy) is 2. The zero-order valence-electron chi connectivity index (χ0n) is 17.1. The summed E-state index contributed by atoms with van der Waals surface area (Å²) in [6, 6.07) is 19.2. The lowest BCUT2D eigenvalue weighted by molar-refractivity contribution is 0.150. The van der Waals surface area contributed by atoms with Gasteiger partial charge in [-0.15, -0.1) is 0 Å². The second kappa shape index (κ2) is 11.6. The Kier molecular flexibility index (Phi) is 9.09. The quantitative estimate of drug-likeness (QED) is 0.440. The van der Waals surface area contributed by atoms with Gasteiger partial charge in [0.25, 0.3) is 0 Å². The van der Waals surface area contributed by atoms with Crippen molar-refractivity contribution < 1.29 is 9.47 Å². The summed E-state index contributed by atoms with van der Waals surface area (Å²) in [6.45, 7) is 8.92. The van der Waals surface area contributed by atoms with E-state index in [0.29, 0.717) is 6.04 Å². The van der Waals surface area contributed by atoms with E-state index in [1.807, 2.05) is 19.1 Å². The Morgan fingerprint density at radius 2 is 1.67 bits per heavy atom. The summed E-state index contributed by atoms with van der Waals surface area (Å²) >= 11 is 0. The Labute approximate surface area is 164 Å². The minimum atomic E-state index is 0.292. The highest BCUT2D eigenvalue weighted by atomic mass is 16.5. The molecule has 0 spiro atoms. The van der Waals surface area contributed by atoms with Gasteiger partial charge in [0.15, 0.2) is 0 Å². The van der Waals surface area contributed by atoms with Crippen LogP contribution in [0, 0.1) is 0 Å². The fourth-order valence-corrected chi connectivity index (χ4v) is 3.08. The second-order valence-electron chi connectivity index (χ2n) is 6.88. The lowest BCUT2D eigenvalue weighted by Crippen LogP contribution is -2.32. The van der Waals surface area contributed by atoms with Gasteiger partial charge in [0.2, 0.25) is 0 Å². The molecule has 1 unspecified atom stereocenters. The third-order valence-corrected chi connectivity index (χ3v) is 5.02. The van der Waals surface area contributed by atoms with Gasteiger partial charge in [-0.05, 0) is 56.9 Å². The van der Waals surface area contributed by atoms with E-state index >= 15 is 0 Å². The summed E-state index contributed by atoms with van der Waals surface area (Å²) in [4.78, 5) is 0. The van der Waals surface area contributed by atoms with Crippen LogP contribution in [0.2, 0.25) is 0 Å². The molecule has 3 nitrogen and oxygen atoms in total. The molecule has 146 valence electrons. The van der Waals surface area contributed by atoms with E-state index < -0.39 is 0 Å². The molecule has 0 heterocycles. The first-order valence-corrected chi connectivity index (χ1v) is 9.78. The molecule has 0 saturated carbocycles. The third kappa shape index (κ3) is 7.20. The van der Waals surface area contributed by atoms with Crippen LogP contribution in [0.1, 0.15) is 38.3 Å². The molecule has 27 heavy (non-hydrogen) atoms. The molecule has 3 heteroatoms. The van der Waals surface area contributed by atoms with E-state index in [0.717, 1.165) is 38.3 Å². The van der Waals surface area contributed by atoms with Crippen molar-refractivity contribution in [1.82, 2.24) is 5.32 Å². The van der Waals surface area contributed by atoms with Crippen LogP contribution in [0.5, 0.6) is 5.75 Å². The van der Waals surface area contributed by atoms with Crippen LogP contribution in [0.15, 0.2) is 65.7 Å². The minimum Gasteiger partial charge on any atom is -0.497 e. The summed E-state index contributed by atoms with van der Waals surface area (Å²) in [5, 5.41) is 3.75. The van der Waals surface area contributed by atoms with Crippen molar-refractivity contribution in [3.05, 3.63) is 76.9 Å². The Hall–Kier alpha value is -2.10. The average molecular weight is 368 g/mol. The van der Waals surface area contributed by atoms with Crippen molar-refractivity contribution in [2.75, 3.05) is 20.3 Å². The average Bonchev–Trinajstić information content (AvgIpc) is 2.72. The third-order valence-electron chi connectivity index (χ3n) is 5.02. The predicted octanol–water partition coefficient (Wildman–Crippen LogP) is 5.16. The first-order chi connectivity index (χ1) is 13.1. The van der Waals surface area contributed by atoms with Crippen molar-refractivity contribution in [2.45, 2.75) is 46.2 Å². The maximum atomic E-state index is 5.54. The van der Waals surface area contributed by atoms with Crippen molar-refractivity contribution in [2.24, 2.45) is 0 Å². The van der Waals surface area contributed by atoms with E-state index in [9.17, 15) is 0 Å². The summed E-state index contributed by atoms with van der Waals surface area (Å²) in [7, 11) is 1.70. The van der Waals surface area contributed by atoms with E-state index in [1.165, 1.54) is 22.3 Å². The molecule has 1 N–H and O–H groups in total. The highest BCUT2D eigenvalue weighted by molar-refractivity contribution is 5.30. The lowest BCUT2D eigenvalue weighted by Gasteiger charge is -2.23. The van der Waals surface area contributed by atoms with Gasteiger partial charge >= 0.3 is 0 Å². The van der Waals surface area contributed by atoms with E-state index in [4.69, 9.17) is 9.47 Å². The van der Waals surface area contributed by atoms with E-state index in [1.54, 1.807) is 7.11 Å². The summed E-state index contributed by atoms with van der Waals surface area (Å²) < 4.78 is 10.8. The zero-order chi connectivity index (χ0) is 19.5. The molecule has 0 saturated heterocycles. The number of nitrogens with one attached hydrogen (secondary N) is 1. The molecule has 2 rings (SSSR count). The van der Waals surface area contributed by atoms with Crippen LogP contribution in [0.25, 0.3) is 0 Å². The van der Waals surface area contributed by atoms with Gasteiger partial charge in [-0.25, -0.2) is 0 Å². The molecule has 0 fully saturated rings. The predicted molar refractivity (Wildman–Crippen MR) is 113 cm³/mol. The fraction of sp³-hybridized carbons (Fsp3) is 0.417. The van der Waals surface area contributed by atoms with Gasteiger partial charge in [-0.1, -0.05) is 53.6 Å². The van der Waals surface area contributed by atoms with Crippen LogP contribution < -0.4 is 10.1 Å². The molecule has 0 aromatic heterocycles. The Balaban J connectivity index is 2.11. The highest BCUT2D eigenvalue weighted by Gasteiger charge is 2.14. The first kappa shape index (κ1) is 21.2. The molecule has 2 aromatic carbocycles. The summed E-state index contributed by atoms with van der Waals surface area (Å²) in [5.41, 5.74) is 5.42. The summed E-state index contributed by atoms with van der Waals surface area (Å²) in [6.07, 6.45) is 1.93. The molecule has 0 bridgehead atoms. The normalized spacial score (nSPS) is 13.2. The van der Waals surface area contributed by atoms with Gasteiger partial charge in [-0.3, -0.25) is 0 Å². The van der Waals surface area contributed by atoms with Crippen molar-refractivity contribution >= 4 is 0 Å². The molecule has 2 aromatic rings.